The van der Waals surface area contributed by atoms with Gasteiger partial charge in [0, 0.05) is 7.26 Å². The average molecular weight is 225 g/mol. The number of rotatable bonds is 2. The summed E-state index contributed by atoms with van der Waals surface area (Å²) in [5.41, 5.74) is 0. The normalized spacial score (nSPS) is 13.0. The fourth-order valence-corrected chi connectivity index (χ4v) is 3.76. The van der Waals surface area contributed by atoms with E-state index in [-0.39, 0.29) is 0 Å². The maximum absolute atomic E-state index is 2.44. The van der Waals surface area contributed by atoms with Crippen molar-refractivity contribution in [2.45, 2.75) is 19.6 Å². The molecule has 0 unspecified atom stereocenters. The summed E-state index contributed by atoms with van der Waals surface area (Å²) in [4.78, 5) is 0. The summed E-state index contributed by atoms with van der Waals surface area (Å²) in [6, 6.07) is 9.26. The quantitative estimate of drug-likeness (QED) is 0.536. The van der Waals surface area contributed by atoms with Gasteiger partial charge >= 0.3 is 0 Å². The largest absolute Gasteiger partial charge is 0.0929 e. The Morgan fingerprint density at radius 1 is 1.00 bits per heavy atom. The van der Waals surface area contributed by atoms with Gasteiger partial charge in [-0.25, -0.2) is 0 Å². The summed E-state index contributed by atoms with van der Waals surface area (Å²) in [5, 5.41) is 3.15. The molecule has 0 aromatic heterocycles. The molecule has 14 heavy (non-hydrogen) atoms. The number of hydrogen-bond acceptors (Lipinski definition) is 0. The number of benzene rings is 1. The standard InChI is InChI=1S/C12H22PSi/c1-13(2,3)11-8-7-9-12(10-11)14(4,5)6/h7-10H,1-6H3/q+1. The van der Waals surface area contributed by atoms with Crippen LogP contribution < -0.4 is 10.5 Å². The molecule has 78 valence electrons. The van der Waals surface area contributed by atoms with Crippen LogP contribution in [-0.2, 0) is 0 Å². The van der Waals surface area contributed by atoms with E-state index in [4.69, 9.17) is 0 Å². The Bertz CT molecular complexity index is 289. The molecule has 0 spiro atoms. The molecule has 0 saturated heterocycles. The van der Waals surface area contributed by atoms with Crippen molar-refractivity contribution in [3.05, 3.63) is 24.3 Å². The Hall–Kier alpha value is -0.133. The first-order valence-electron chi connectivity index (χ1n) is 5.14. The summed E-state index contributed by atoms with van der Waals surface area (Å²) >= 11 is 0. The molecule has 0 N–H and O–H groups in total. The van der Waals surface area contributed by atoms with Crippen LogP contribution in [-0.4, -0.2) is 28.1 Å². The highest BCUT2D eigenvalue weighted by Crippen LogP contribution is 2.44. The van der Waals surface area contributed by atoms with Crippen molar-refractivity contribution in [2.75, 3.05) is 20.0 Å². The minimum Gasteiger partial charge on any atom is -0.0656 e. The van der Waals surface area contributed by atoms with E-state index < -0.39 is 15.3 Å². The molecule has 0 amide bonds. The maximum atomic E-state index is 2.44. The molecule has 1 aromatic rings. The second-order valence-electron chi connectivity index (χ2n) is 5.81. The third-order valence-electron chi connectivity index (χ3n) is 2.49. The van der Waals surface area contributed by atoms with Crippen LogP contribution >= 0.6 is 7.26 Å². The summed E-state index contributed by atoms with van der Waals surface area (Å²) < 4.78 is 0. The maximum Gasteiger partial charge on any atom is 0.0929 e. The van der Waals surface area contributed by atoms with E-state index in [0.29, 0.717) is 0 Å². The lowest BCUT2D eigenvalue weighted by atomic mass is 10.4. The Labute approximate surface area is 90.1 Å². The van der Waals surface area contributed by atoms with Crippen molar-refractivity contribution < 1.29 is 0 Å². The molecule has 0 radical (unpaired) electrons. The van der Waals surface area contributed by atoms with Gasteiger partial charge in [0.25, 0.3) is 0 Å². The Morgan fingerprint density at radius 2 is 1.57 bits per heavy atom. The van der Waals surface area contributed by atoms with Crippen molar-refractivity contribution in [3.8, 4) is 0 Å². The fourth-order valence-electron chi connectivity index (χ4n) is 1.39. The van der Waals surface area contributed by atoms with Crippen LogP contribution in [0.3, 0.4) is 0 Å². The lowest BCUT2D eigenvalue weighted by Crippen LogP contribution is -2.39. The summed E-state index contributed by atoms with van der Waals surface area (Å²) in [6.45, 7) is 14.4. The van der Waals surface area contributed by atoms with Crippen LogP contribution in [0.4, 0.5) is 0 Å². The second-order valence-corrected chi connectivity index (χ2v) is 15.4. The van der Waals surface area contributed by atoms with Gasteiger partial charge in [-0.3, -0.25) is 0 Å². The second kappa shape index (κ2) is 3.79. The van der Waals surface area contributed by atoms with Crippen LogP contribution in [0.2, 0.25) is 19.6 Å². The molecular formula is C12H22PSi+. The fraction of sp³-hybridized carbons (Fsp3) is 0.500. The Morgan fingerprint density at radius 3 is 2.00 bits per heavy atom. The highest BCUT2D eigenvalue weighted by molar-refractivity contribution is 7.80. The highest BCUT2D eigenvalue weighted by Gasteiger charge is 2.24. The van der Waals surface area contributed by atoms with Crippen molar-refractivity contribution in [3.63, 3.8) is 0 Å². The van der Waals surface area contributed by atoms with E-state index in [1.807, 2.05) is 0 Å². The molecule has 1 aromatic carbocycles. The van der Waals surface area contributed by atoms with Gasteiger partial charge in [-0.05, 0) is 12.1 Å². The smallest absolute Gasteiger partial charge is 0.0656 e. The van der Waals surface area contributed by atoms with E-state index in [1.54, 1.807) is 10.5 Å². The Balaban J connectivity index is 3.15. The number of hydrogen-bond donors (Lipinski definition) is 0. The lowest BCUT2D eigenvalue weighted by molar-refractivity contribution is 1.70. The van der Waals surface area contributed by atoms with Crippen molar-refractivity contribution in [2.24, 2.45) is 0 Å². The Kier molecular flexibility index (Phi) is 3.23. The van der Waals surface area contributed by atoms with E-state index in [9.17, 15) is 0 Å². The van der Waals surface area contributed by atoms with Gasteiger partial charge < -0.3 is 0 Å². The van der Waals surface area contributed by atoms with E-state index in [2.05, 4.69) is 63.9 Å². The molecule has 0 aliphatic heterocycles. The van der Waals surface area contributed by atoms with Gasteiger partial charge in [0.15, 0.2) is 0 Å². The van der Waals surface area contributed by atoms with E-state index >= 15 is 0 Å². The minimum atomic E-state index is -1.13. The van der Waals surface area contributed by atoms with Gasteiger partial charge in [0.2, 0.25) is 0 Å². The first kappa shape index (κ1) is 11.9. The van der Waals surface area contributed by atoms with Crippen molar-refractivity contribution in [1.82, 2.24) is 0 Å². The molecular weight excluding hydrogens is 203 g/mol. The van der Waals surface area contributed by atoms with Crippen LogP contribution in [0.5, 0.6) is 0 Å². The van der Waals surface area contributed by atoms with E-state index in [1.165, 1.54) is 0 Å². The van der Waals surface area contributed by atoms with Crippen molar-refractivity contribution in [1.29, 1.82) is 0 Å². The monoisotopic (exact) mass is 225 g/mol. The predicted molar refractivity (Wildman–Crippen MR) is 73.7 cm³/mol. The summed E-state index contributed by atoms with van der Waals surface area (Å²) in [7, 11) is -1.97. The molecule has 1 rings (SSSR count). The predicted octanol–water partition coefficient (Wildman–Crippen LogP) is 2.76. The minimum absolute atomic E-state index is 0.842. The van der Waals surface area contributed by atoms with E-state index in [0.717, 1.165) is 0 Å². The molecule has 0 bridgehead atoms. The lowest BCUT2D eigenvalue weighted by Gasteiger charge is -2.19. The topological polar surface area (TPSA) is 0 Å². The molecule has 0 aliphatic rings. The molecule has 0 heterocycles. The van der Waals surface area contributed by atoms with Crippen LogP contribution in [0.25, 0.3) is 0 Å². The zero-order chi connectivity index (χ0) is 11.0. The molecule has 0 atom stereocenters. The van der Waals surface area contributed by atoms with Crippen LogP contribution in [0.15, 0.2) is 24.3 Å². The van der Waals surface area contributed by atoms with Crippen LogP contribution in [0.1, 0.15) is 0 Å². The van der Waals surface area contributed by atoms with Gasteiger partial charge in [-0.15, -0.1) is 0 Å². The SMILES string of the molecule is C[Si](C)(C)c1cccc([P+](C)(C)C)c1. The average Bonchev–Trinajstić information content (AvgIpc) is 2.01. The summed E-state index contributed by atoms with van der Waals surface area (Å²) in [6.07, 6.45) is 0. The van der Waals surface area contributed by atoms with Crippen molar-refractivity contribution >= 4 is 25.8 Å². The molecule has 0 fully saturated rings. The van der Waals surface area contributed by atoms with Gasteiger partial charge in [-0.2, -0.15) is 0 Å². The third kappa shape index (κ3) is 2.93. The molecule has 0 saturated carbocycles. The van der Waals surface area contributed by atoms with Gasteiger partial charge in [-0.1, -0.05) is 37.0 Å². The summed E-state index contributed by atoms with van der Waals surface area (Å²) in [5.74, 6) is 0. The van der Waals surface area contributed by atoms with Gasteiger partial charge in [0.1, 0.15) is 0 Å². The zero-order valence-corrected chi connectivity index (χ0v) is 12.2. The first-order chi connectivity index (χ1) is 6.21. The first-order valence-corrected chi connectivity index (χ1v) is 11.8. The van der Waals surface area contributed by atoms with Gasteiger partial charge in [0.05, 0.1) is 33.4 Å². The third-order valence-corrected chi connectivity index (χ3v) is 6.36. The molecule has 0 nitrogen and oxygen atoms in total. The zero-order valence-electron chi connectivity index (χ0n) is 10.3. The van der Waals surface area contributed by atoms with Crippen LogP contribution in [0, 0.1) is 0 Å². The molecule has 0 aliphatic carbocycles. The highest BCUT2D eigenvalue weighted by atomic mass is 31.2. The molecule has 2 heteroatoms.